The van der Waals surface area contributed by atoms with Gasteiger partial charge in [-0.25, -0.2) is 4.79 Å². The molecule has 3 fully saturated rings. The molecule has 1 aromatic rings. The number of hydrogen-bond donors (Lipinski definition) is 0. The molecule has 1 saturated heterocycles. The zero-order valence-corrected chi connectivity index (χ0v) is 18.7. The van der Waals surface area contributed by atoms with Crippen LogP contribution >= 0.6 is 11.6 Å². The van der Waals surface area contributed by atoms with E-state index in [4.69, 9.17) is 16.3 Å². The lowest BCUT2D eigenvalue weighted by Gasteiger charge is -2.37. The summed E-state index contributed by atoms with van der Waals surface area (Å²) in [5, 5.41) is 0.506. The van der Waals surface area contributed by atoms with E-state index in [0.29, 0.717) is 35.3 Å². The highest BCUT2D eigenvalue weighted by atomic mass is 35.5. The van der Waals surface area contributed by atoms with Gasteiger partial charge in [-0.15, -0.1) is 0 Å². The van der Waals surface area contributed by atoms with E-state index in [0.717, 1.165) is 12.8 Å². The third-order valence-corrected chi connectivity index (χ3v) is 7.88. The lowest BCUT2D eigenvalue weighted by atomic mass is 9.63. The van der Waals surface area contributed by atoms with Crippen molar-refractivity contribution in [2.75, 3.05) is 6.61 Å². The van der Waals surface area contributed by atoms with Crippen LogP contribution in [0.4, 0.5) is 0 Å². The van der Waals surface area contributed by atoms with Crippen LogP contribution in [0.5, 0.6) is 0 Å². The number of esters is 1. The van der Waals surface area contributed by atoms with Gasteiger partial charge in [0.2, 0.25) is 11.8 Å². The molecule has 1 aromatic carbocycles. The Labute approximate surface area is 191 Å². The Hall–Kier alpha value is -2.47. The molecular formula is C25H26ClNO5. The third-order valence-electron chi connectivity index (χ3n) is 7.62. The van der Waals surface area contributed by atoms with Gasteiger partial charge in [0.15, 0.2) is 12.4 Å². The van der Waals surface area contributed by atoms with E-state index in [9.17, 15) is 19.2 Å². The second-order valence-corrected chi connectivity index (χ2v) is 9.83. The highest BCUT2D eigenvalue weighted by molar-refractivity contribution is 6.30. The standard InChI is InChI=1S/C25H26ClNO5/c1-2-3-4-19(25(31)32-12-20(28)13-5-7-14(26)8-6-13)27-23(29)21-15-9-10-16(18-11-17(15)18)22(21)24(27)30/h5-10,15-19,21-22H,2-4,11-12H2,1H3/t15-,16-,17-,18-,19+,21-,22+/m1/s1. The Morgan fingerprint density at radius 3 is 2.22 bits per heavy atom. The second kappa shape index (κ2) is 8.14. The number of halogens is 1. The second-order valence-electron chi connectivity index (χ2n) is 9.40. The van der Waals surface area contributed by atoms with Gasteiger partial charge in [0, 0.05) is 10.6 Å². The molecule has 7 atom stereocenters. The van der Waals surface area contributed by atoms with Crippen molar-refractivity contribution in [3.8, 4) is 0 Å². The van der Waals surface area contributed by atoms with E-state index in [1.807, 2.05) is 6.92 Å². The number of nitrogens with zero attached hydrogens (tertiary/aromatic N) is 1. The number of imide groups is 1. The minimum absolute atomic E-state index is 0.103. The van der Waals surface area contributed by atoms with Gasteiger partial charge in [-0.05, 0) is 60.8 Å². The minimum Gasteiger partial charge on any atom is -0.456 e. The number of Topliss-reactive ketones (excluding diaryl/α,β-unsaturated/α-hetero) is 1. The topological polar surface area (TPSA) is 80.8 Å². The van der Waals surface area contributed by atoms with Crippen molar-refractivity contribution in [1.29, 1.82) is 0 Å². The summed E-state index contributed by atoms with van der Waals surface area (Å²) < 4.78 is 5.33. The molecule has 2 saturated carbocycles. The molecule has 2 amide bonds. The summed E-state index contributed by atoms with van der Waals surface area (Å²) >= 11 is 5.85. The number of carbonyl (C=O) groups is 4. The Balaban J connectivity index is 1.31. The number of hydrogen-bond acceptors (Lipinski definition) is 5. The zero-order chi connectivity index (χ0) is 22.6. The summed E-state index contributed by atoms with van der Waals surface area (Å²) in [5.74, 6) is -1.04. The highest BCUT2D eigenvalue weighted by Crippen LogP contribution is 2.65. The van der Waals surface area contributed by atoms with Gasteiger partial charge in [-0.2, -0.15) is 0 Å². The quantitative estimate of drug-likeness (QED) is 0.258. The van der Waals surface area contributed by atoms with E-state index >= 15 is 0 Å². The first-order chi connectivity index (χ1) is 15.4. The molecule has 5 aliphatic rings. The van der Waals surface area contributed by atoms with Gasteiger partial charge in [0.25, 0.3) is 0 Å². The maximum absolute atomic E-state index is 13.4. The normalized spacial score (nSPS) is 32.5. The summed E-state index contributed by atoms with van der Waals surface area (Å²) in [4.78, 5) is 53.4. The van der Waals surface area contributed by atoms with E-state index in [-0.39, 0.29) is 41.3 Å². The van der Waals surface area contributed by atoms with Crippen molar-refractivity contribution < 1.29 is 23.9 Å². The van der Waals surface area contributed by atoms with E-state index in [1.54, 1.807) is 24.3 Å². The third kappa shape index (κ3) is 3.40. The first-order valence-corrected chi connectivity index (χ1v) is 11.8. The molecule has 32 heavy (non-hydrogen) atoms. The van der Waals surface area contributed by atoms with Gasteiger partial charge < -0.3 is 4.74 Å². The lowest BCUT2D eigenvalue weighted by molar-refractivity contribution is -0.158. The SMILES string of the molecule is CCCC[C@@H](C(=O)OCC(=O)c1ccc(Cl)cc1)N1C(=O)[C@@H]2[C@@H]3C=C[C@H]([C@H]4C[C@H]34)[C@@H]2C1=O. The van der Waals surface area contributed by atoms with Crippen LogP contribution in [0.3, 0.4) is 0 Å². The number of rotatable bonds is 8. The summed E-state index contributed by atoms with van der Waals surface area (Å²) in [5.41, 5.74) is 0.383. The molecule has 6 rings (SSSR count). The van der Waals surface area contributed by atoms with Gasteiger partial charge in [0.05, 0.1) is 11.8 Å². The van der Waals surface area contributed by atoms with Crippen LogP contribution in [-0.4, -0.2) is 41.1 Å². The van der Waals surface area contributed by atoms with Crippen molar-refractivity contribution in [3.63, 3.8) is 0 Å². The van der Waals surface area contributed by atoms with Crippen molar-refractivity contribution in [2.45, 2.75) is 38.6 Å². The Bertz CT molecular complexity index is 966. The summed E-state index contributed by atoms with van der Waals surface area (Å²) in [6, 6.07) is 5.35. The number of ether oxygens (including phenoxy) is 1. The predicted molar refractivity (Wildman–Crippen MR) is 117 cm³/mol. The van der Waals surface area contributed by atoms with E-state index in [1.165, 1.54) is 4.90 Å². The van der Waals surface area contributed by atoms with Gasteiger partial charge in [-0.1, -0.05) is 43.5 Å². The molecule has 7 heteroatoms. The lowest BCUT2D eigenvalue weighted by Crippen LogP contribution is -2.47. The van der Waals surface area contributed by atoms with Crippen LogP contribution in [0, 0.1) is 35.5 Å². The van der Waals surface area contributed by atoms with Gasteiger partial charge in [-0.3, -0.25) is 19.3 Å². The van der Waals surface area contributed by atoms with Crippen LogP contribution in [-0.2, 0) is 19.1 Å². The largest absolute Gasteiger partial charge is 0.456 e. The van der Waals surface area contributed by atoms with Crippen molar-refractivity contribution in [3.05, 3.63) is 47.0 Å². The van der Waals surface area contributed by atoms with Crippen LogP contribution < -0.4 is 0 Å². The summed E-state index contributed by atoms with van der Waals surface area (Å²) in [7, 11) is 0. The molecule has 6 nitrogen and oxygen atoms in total. The van der Waals surface area contributed by atoms with Crippen LogP contribution in [0.1, 0.15) is 43.0 Å². The fraction of sp³-hybridized carbons (Fsp3) is 0.520. The number of ketones is 1. The summed E-state index contributed by atoms with van der Waals surface area (Å²) in [6.07, 6.45) is 7.14. The number of amides is 2. The smallest absolute Gasteiger partial charge is 0.329 e. The van der Waals surface area contributed by atoms with Crippen LogP contribution in [0.25, 0.3) is 0 Å². The predicted octanol–water partition coefficient (Wildman–Crippen LogP) is 3.68. The van der Waals surface area contributed by atoms with Crippen LogP contribution in [0.2, 0.25) is 5.02 Å². The van der Waals surface area contributed by atoms with Crippen LogP contribution in [0.15, 0.2) is 36.4 Å². The first kappa shape index (κ1) is 21.4. The number of carbonyl (C=O) groups excluding carboxylic acids is 4. The average molecular weight is 456 g/mol. The van der Waals surface area contributed by atoms with E-state index in [2.05, 4.69) is 12.2 Å². The van der Waals surface area contributed by atoms with Gasteiger partial charge >= 0.3 is 5.97 Å². The molecule has 2 bridgehead atoms. The molecular weight excluding hydrogens is 430 g/mol. The number of unbranched alkanes of at least 4 members (excludes halogenated alkanes) is 1. The molecule has 0 N–H and O–H groups in total. The van der Waals surface area contributed by atoms with Crippen molar-refractivity contribution in [2.24, 2.45) is 35.5 Å². The number of allylic oxidation sites excluding steroid dienone is 2. The zero-order valence-electron chi connectivity index (χ0n) is 17.9. The molecule has 1 aliphatic heterocycles. The molecule has 0 spiro atoms. The average Bonchev–Trinajstić information content (AvgIpc) is 3.57. The highest BCUT2D eigenvalue weighted by Gasteiger charge is 2.67. The molecule has 0 radical (unpaired) electrons. The maximum Gasteiger partial charge on any atom is 0.329 e. The number of benzene rings is 1. The first-order valence-electron chi connectivity index (χ1n) is 11.4. The fourth-order valence-electron chi connectivity index (χ4n) is 5.99. The van der Waals surface area contributed by atoms with Crippen molar-refractivity contribution in [1.82, 2.24) is 4.90 Å². The van der Waals surface area contributed by atoms with Crippen molar-refractivity contribution >= 4 is 35.2 Å². The Morgan fingerprint density at radius 2 is 1.66 bits per heavy atom. The number of likely N-dealkylation sites (tertiary alicyclic amines) is 1. The summed E-state index contributed by atoms with van der Waals surface area (Å²) in [6.45, 7) is 1.54. The minimum atomic E-state index is -0.978. The molecule has 0 aromatic heterocycles. The Kier molecular flexibility index (Phi) is 5.44. The monoisotopic (exact) mass is 455 g/mol. The Morgan fingerprint density at radius 1 is 1.06 bits per heavy atom. The van der Waals surface area contributed by atoms with E-state index < -0.39 is 18.6 Å². The molecule has 168 valence electrons. The molecule has 1 heterocycles. The maximum atomic E-state index is 13.4. The van der Waals surface area contributed by atoms with Gasteiger partial charge in [0.1, 0.15) is 6.04 Å². The molecule has 4 aliphatic carbocycles. The fourth-order valence-corrected chi connectivity index (χ4v) is 6.12. The molecule has 0 unspecified atom stereocenters.